The molecular formula is C24H19N5O5. The highest BCUT2D eigenvalue weighted by Gasteiger charge is 2.17. The number of hydrogen-bond donors (Lipinski definition) is 1. The highest BCUT2D eigenvalue weighted by atomic mass is 16.6. The zero-order chi connectivity index (χ0) is 24.1. The van der Waals surface area contributed by atoms with Crippen molar-refractivity contribution < 1.29 is 14.5 Å². The fourth-order valence-corrected chi connectivity index (χ4v) is 3.22. The lowest BCUT2D eigenvalue weighted by Crippen LogP contribution is -2.13. The van der Waals surface area contributed by atoms with Gasteiger partial charge in [-0.3, -0.25) is 20.0 Å². The van der Waals surface area contributed by atoms with E-state index in [4.69, 9.17) is 4.74 Å². The molecule has 0 aliphatic rings. The van der Waals surface area contributed by atoms with E-state index in [-0.39, 0.29) is 18.0 Å². The minimum absolute atomic E-state index is 0.0685. The second-order valence-electron chi connectivity index (χ2n) is 7.08. The van der Waals surface area contributed by atoms with Crippen molar-refractivity contribution in [2.75, 3.05) is 6.61 Å². The zero-order valence-corrected chi connectivity index (χ0v) is 18.0. The molecule has 0 unspecified atom stereocenters. The van der Waals surface area contributed by atoms with Gasteiger partial charge in [0.15, 0.2) is 5.69 Å². The number of aromatic nitrogens is 2. The minimum atomic E-state index is -0.510. The molecule has 0 spiro atoms. The van der Waals surface area contributed by atoms with Gasteiger partial charge in [0.2, 0.25) is 0 Å². The normalized spacial score (nSPS) is 11.0. The molecule has 1 heterocycles. The van der Waals surface area contributed by atoms with Crippen LogP contribution in [0.25, 0.3) is 16.9 Å². The Hall–Kier alpha value is -4.86. The van der Waals surface area contributed by atoms with E-state index in [2.05, 4.69) is 15.3 Å². The molecule has 0 aliphatic carbocycles. The minimum Gasteiger partial charge on any atom is -0.462 e. The van der Waals surface area contributed by atoms with E-state index in [1.54, 1.807) is 31.2 Å². The van der Waals surface area contributed by atoms with Crippen molar-refractivity contribution in [1.82, 2.24) is 9.78 Å². The van der Waals surface area contributed by atoms with E-state index in [1.807, 2.05) is 30.3 Å². The third-order valence-corrected chi connectivity index (χ3v) is 4.89. The fraction of sp³-hybridized carbons (Fsp3) is 0.0833. The van der Waals surface area contributed by atoms with E-state index in [1.165, 1.54) is 28.9 Å². The third kappa shape index (κ3) is 4.65. The van der Waals surface area contributed by atoms with Crippen LogP contribution in [-0.2, 0) is 4.74 Å². The number of H-pyrrole nitrogens is 1. The van der Waals surface area contributed by atoms with E-state index in [0.29, 0.717) is 28.2 Å². The average Bonchev–Trinajstić information content (AvgIpc) is 3.19. The number of carbonyl (C=O) groups is 1. The van der Waals surface area contributed by atoms with E-state index in [0.717, 1.165) is 0 Å². The van der Waals surface area contributed by atoms with Crippen molar-refractivity contribution in [2.24, 2.45) is 10.2 Å². The van der Waals surface area contributed by atoms with E-state index < -0.39 is 16.5 Å². The Kier molecular flexibility index (Phi) is 6.40. The number of azo groups is 1. The van der Waals surface area contributed by atoms with E-state index >= 15 is 0 Å². The molecule has 10 nitrogen and oxygen atoms in total. The average molecular weight is 457 g/mol. The van der Waals surface area contributed by atoms with Gasteiger partial charge in [-0.25, -0.2) is 9.48 Å². The number of ether oxygens (including phenoxy) is 1. The number of esters is 1. The summed E-state index contributed by atoms with van der Waals surface area (Å²) in [4.78, 5) is 35.5. The lowest BCUT2D eigenvalue weighted by molar-refractivity contribution is -0.384. The molecule has 0 radical (unpaired) electrons. The number of non-ortho nitro benzene ring substituents is 1. The van der Waals surface area contributed by atoms with Crippen LogP contribution in [0.1, 0.15) is 17.3 Å². The highest BCUT2D eigenvalue weighted by molar-refractivity contribution is 5.89. The Labute approximate surface area is 193 Å². The Morgan fingerprint density at radius 3 is 2.29 bits per heavy atom. The number of nitro groups is 1. The maximum atomic E-state index is 13.2. The monoisotopic (exact) mass is 457 g/mol. The summed E-state index contributed by atoms with van der Waals surface area (Å²) in [7, 11) is 0. The van der Waals surface area contributed by atoms with Crippen LogP contribution in [-0.4, -0.2) is 27.3 Å². The predicted molar refractivity (Wildman–Crippen MR) is 125 cm³/mol. The van der Waals surface area contributed by atoms with Crippen LogP contribution in [0.2, 0.25) is 0 Å². The Morgan fingerprint density at radius 1 is 1.00 bits per heavy atom. The largest absolute Gasteiger partial charge is 0.462 e. The molecule has 4 rings (SSSR count). The number of aromatic amines is 1. The maximum absolute atomic E-state index is 13.2. The predicted octanol–water partition coefficient (Wildman–Crippen LogP) is 5.33. The number of nitrogens with one attached hydrogen (secondary N) is 1. The van der Waals surface area contributed by atoms with Crippen molar-refractivity contribution in [3.63, 3.8) is 0 Å². The Balaban J connectivity index is 1.73. The maximum Gasteiger partial charge on any atom is 0.338 e. The van der Waals surface area contributed by atoms with Gasteiger partial charge in [0.25, 0.3) is 11.2 Å². The number of benzene rings is 3. The Bertz CT molecular complexity index is 1410. The van der Waals surface area contributed by atoms with Crippen molar-refractivity contribution in [2.45, 2.75) is 6.92 Å². The van der Waals surface area contributed by atoms with Crippen molar-refractivity contribution >= 4 is 23.0 Å². The third-order valence-electron chi connectivity index (χ3n) is 4.89. The first kappa shape index (κ1) is 22.3. The number of rotatable bonds is 7. The summed E-state index contributed by atoms with van der Waals surface area (Å²) < 4.78 is 6.22. The van der Waals surface area contributed by atoms with Gasteiger partial charge in [-0.15, -0.1) is 5.11 Å². The summed E-state index contributed by atoms with van der Waals surface area (Å²) in [6.07, 6.45) is 0. The molecule has 3 aromatic carbocycles. The van der Waals surface area contributed by atoms with Gasteiger partial charge in [-0.2, -0.15) is 5.11 Å². The number of nitrogens with zero attached hydrogens (tertiary/aromatic N) is 4. The first-order valence-electron chi connectivity index (χ1n) is 10.3. The lowest BCUT2D eigenvalue weighted by Gasteiger charge is -2.02. The first-order chi connectivity index (χ1) is 16.5. The van der Waals surface area contributed by atoms with Gasteiger partial charge in [0.1, 0.15) is 0 Å². The molecule has 1 aromatic heterocycles. The topological polar surface area (TPSA) is 132 Å². The first-order valence-corrected chi connectivity index (χ1v) is 10.3. The van der Waals surface area contributed by atoms with Gasteiger partial charge in [-0.05, 0) is 43.3 Å². The molecule has 0 fully saturated rings. The Morgan fingerprint density at radius 2 is 1.68 bits per heavy atom. The fourth-order valence-electron chi connectivity index (χ4n) is 3.22. The molecule has 10 heteroatoms. The second-order valence-corrected chi connectivity index (χ2v) is 7.08. The second kappa shape index (κ2) is 9.74. The molecule has 0 saturated carbocycles. The van der Waals surface area contributed by atoms with Crippen LogP contribution in [0.15, 0.2) is 93.9 Å². The highest BCUT2D eigenvalue weighted by Crippen LogP contribution is 2.28. The van der Waals surface area contributed by atoms with Crippen LogP contribution in [0.3, 0.4) is 0 Å². The molecule has 0 saturated heterocycles. The molecular weight excluding hydrogens is 438 g/mol. The summed E-state index contributed by atoms with van der Waals surface area (Å²) in [5.74, 6) is -0.436. The van der Waals surface area contributed by atoms with Crippen molar-refractivity contribution in [1.29, 1.82) is 0 Å². The van der Waals surface area contributed by atoms with Gasteiger partial charge in [-0.1, -0.05) is 30.3 Å². The van der Waals surface area contributed by atoms with Gasteiger partial charge in [0, 0.05) is 17.7 Å². The number of nitro benzene ring substituents is 1. The van der Waals surface area contributed by atoms with E-state index in [9.17, 15) is 19.7 Å². The molecule has 0 bridgehead atoms. The van der Waals surface area contributed by atoms with Gasteiger partial charge in [0.05, 0.1) is 34.2 Å². The summed E-state index contributed by atoms with van der Waals surface area (Å²) in [5.41, 5.74) is 1.90. The van der Waals surface area contributed by atoms with Gasteiger partial charge < -0.3 is 4.74 Å². The molecule has 1 N–H and O–H groups in total. The summed E-state index contributed by atoms with van der Waals surface area (Å²) in [6.45, 7) is 2.00. The molecule has 0 amide bonds. The van der Waals surface area contributed by atoms with Gasteiger partial charge >= 0.3 is 5.97 Å². The summed E-state index contributed by atoms with van der Waals surface area (Å²) in [6, 6.07) is 21.0. The summed E-state index contributed by atoms with van der Waals surface area (Å²) >= 11 is 0. The standard InChI is InChI=1S/C24H19N5O5/c1-2-34-24(31)17-8-10-18(11-9-17)25-26-22-21(16-6-4-3-5-7-16)27-28(23(22)30)19-12-14-20(15-13-19)29(32)33/h3-15,27H,2H2,1H3. The van der Waals surface area contributed by atoms with Crippen LogP contribution < -0.4 is 5.56 Å². The smallest absolute Gasteiger partial charge is 0.338 e. The van der Waals surface area contributed by atoms with Crippen LogP contribution in [0.4, 0.5) is 17.1 Å². The lowest BCUT2D eigenvalue weighted by atomic mass is 10.1. The number of hydrogen-bond acceptors (Lipinski definition) is 7. The molecule has 4 aromatic rings. The van der Waals surface area contributed by atoms with Crippen LogP contribution in [0.5, 0.6) is 0 Å². The molecule has 0 aliphatic heterocycles. The zero-order valence-electron chi connectivity index (χ0n) is 18.0. The molecule has 0 atom stereocenters. The quantitative estimate of drug-likeness (QED) is 0.173. The van der Waals surface area contributed by atoms with Crippen LogP contribution >= 0.6 is 0 Å². The van der Waals surface area contributed by atoms with Crippen LogP contribution in [0, 0.1) is 10.1 Å². The van der Waals surface area contributed by atoms with Crippen molar-refractivity contribution in [3.05, 3.63) is 105 Å². The molecule has 170 valence electrons. The number of carbonyl (C=O) groups excluding carboxylic acids is 1. The SMILES string of the molecule is CCOC(=O)c1ccc(N=Nc2c(-c3ccccc3)[nH]n(-c3ccc([N+](=O)[O-])cc3)c2=O)cc1. The van der Waals surface area contributed by atoms with Crippen molar-refractivity contribution in [3.8, 4) is 16.9 Å². The molecule has 34 heavy (non-hydrogen) atoms. The summed E-state index contributed by atoms with van der Waals surface area (Å²) in [5, 5.41) is 22.3.